The fraction of sp³-hybridized carbons (Fsp3) is 0.400. The number of hydrogen-bond acceptors (Lipinski definition) is 3. The molecule has 0 fully saturated rings. The van der Waals surface area contributed by atoms with E-state index in [1.165, 1.54) is 6.08 Å². The van der Waals surface area contributed by atoms with E-state index in [1.54, 1.807) is 0 Å². The molecule has 0 saturated carbocycles. The lowest BCUT2D eigenvalue weighted by molar-refractivity contribution is -0.142. The number of carbonyl (C=O) groups excluding carboxylic acids is 1. The van der Waals surface area contributed by atoms with E-state index in [4.69, 9.17) is 9.16 Å². The molecule has 1 atom stereocenters. The lowest BCUT2D eigenvalue weighted by Gasteiger charge is -2.25. The molecule has 1 aromatic carbocycles. The van der Waals surface area contributed by atoms with Gasteiger partial charge in [0.25, 0.3) is 0 Å². The average molecular weight is 278 g/mol. The van der Waals surface area contributed by atoms with Gasteiger partial charge in [-0.3, -0.25) is 0 Å². The van der Waals surface area contributed by atoms with Crippen molar-refractivity contribution in [3.05, 3.63) is 43.0 Å². The van der Waals surface area contributed by atoms with E-state index in [-0.39, 0.29) is 12.1 Å². The van der Waals surface area contributed by atoms with Crippen LogP contribution < -0.4 is 4.43 Å². The van der Waals surface area contributed by atoms with Gasteiger partial charge in [0.05, 0.1) is 6.10 Å². The van der Waals surface area contributed by atoms with Crippen LogP contribution in [0.3, 0.4) is 0 Å². The van der Waals surface area contributed by atoms with E-state index in [0.29, 0.717) is 0 Å². The minimum Gasteiger partial charge on any atom is -0.544 e. The Morgan fingerprint density at radius 1 is 1.37 bits per heavy atom. The Morgan fingerprint density at radius 3 is 2.58 bits per heavy atom. The Kier molecular flexibility index (Phi) is 5.82. The first-order valence-corrected chi connectivity index (χ1v) is 9.61. The molecular weight excluding hydrogens is 256 g/mol. The lowest BCUT2D eigenvalue weighted by Crippen LogP contribution is -2.35. The van der Waals surface area contributed by atoms with Crippen molar-refractivity contribution >= 4 is 14.3 Å². The van der Waals surface area contributed by atoms with Gasteiger partial charge in [0.2, 0.25) is 8.32 Å². The highest BCUT2D eigenvalue weighted by Crippen LogP contribution is 2.21. The first-order chi connectivity index (χ1) is 8.93. The summed E-state index contributed by atoms with van der Waals surface area (Å²) in [7, 11) is -1.79. The number of ether oxygens (including phenoxy) is 1. The molecule has 0 N–H and O–H groups in total. The number of para-hydroxylation sites is 1. The molecule has 0 bridgehead atoms. The lowest BCUT2D eigenvalue weighted by atomic mass is 10.3. The minimum absolute atomic E-state index is 0.100. The average Bonchev–Trinajstić information content (AvgIpc) is 2.37. The molecule has 0 amide bonds. The van der Waals surface area contributed by atoms with Gasteiger partial charge in [0.15, 0.2) is 0 Å². The Labute approximate surface area is 116 Å². The van der Waals surface area contributed by atoms with Gasteiger partial charge in [0.1, 0.15) is 5.75 Å². The van der Waals surface area contributed by atoms with E-state index in [0.717, 1.165) is 18.2 Å². The predicted octanol–water partition coefficient (Wildman–Crippen LogP) is 3.78. The molecule has 0 saturated heterocycles. The molecule has 0 aromatic heterocycles. The molecule has 0 aliphatic heterocycles. The highest BCUT2D eigenvalue weighted by Gasteiger charge is 2.25. The van der Waals surface area contributed by atoms with Crippen LogP contribution in [-0.4, -0.2) is 20.4 Å². The topological polar surface area (TPSA) is 35.5 Å². The second-order valence-corrected chi connectivity index (χ2v) is 9.39. The maximum absolute atomic E-state index is 11.1. The fourth-order valence-corrected chi connectivity index (χ4v) is 3.69. The zero-order valence-corrected chi connectivity index (χ0v) is 12.9. The van der Waals surface area contributed by atoms with Crippen molar-refractivity contribution in [2.24, 2.45) is 0 Å². The Balaban J connectivity index is 2.42. The molecule has 0 aliphatic rings. The van der Waals surface area contributed by atoms with Crippen molar-refractivity contribution in [1.82, 2.24) is 0 Å². The zero-order chi connectivity index (χ0) is 14.3. The quantitative estimate of drug-likeness (QED) is 0.432. The van der Waals surface area contributed by atoms with Crippen molar-refractivity contribution in [1.29, 1.82) is 0 Å². The maximum atomic E-state index is 11.1. The number of benzene rings is 1. The van der Waals surface area contributed by atoms with Gasteiger partial charge in [-0.25, -0.2) is 4.79 Å². The third kappa shape index (κ3) is 6.24. The van der Waals surface area contributed by atoms with Gasteiger partial charge in [-0.1, -0.05) is 24.8 Å². The van der Waals surface area contributed by atoms with E-state index in [1.807, 2.05) is 37.3 Å². The highest BCUT2D eigenvalue weighted by molar-refractivity contribution is 6.71. The summed E-state index contributed by atoms with van der Waals surface area (Å²) >= 11 is 0. The van der Waals surface area contributed by atoms with Crippen LogP contribution in [0.1, 0.15) is 13.3 Å². The minimum atomic E-state index is -1.79. The van der Waals surface area contributed by atoms with Gasteiger partial charge in [-0.15, -0.1) is 0 Å². The standard InChI is InChI=1S/C15H22O3Si/c1-5-15(16)17-13(2)11-12-19(3,4)18-14-9-7-6-8-10-14/h5-10,13H,1,11-12H2,2-4H3. The second-order valence-electron chi connectivity index (χ2n) is 5.17. The van der Waals surface area contributed by atoms with Crippen LogP contribution >= 0.6 is 0 Å². The number of carbonyl (C=O) groups is 1. The van der Waals surface area contributed by atoms with Crippen molar-refractivity contribution in [2.75, 3.05) is 0 Å². The summed E-state index contributed by atoms with van der Waals surface area (Å²) in [6.45, 7) is 9.62. The van der Waals surface area contributed by atoms with Crippen molar-refractivity contribution in [2.45, 2.75) is 38.6 Å². The van der Waals surface area contributed by atoms with Crippen LogP contribution in [0.25, 0.3) is 0 Å². The van der Waals surface area contributed by atoms with Crippen LogP contribution in [-0.2, 0) is 9.53 Å². The Morgan fingerprint density at radius 2 is 2.00 bits per heavy atom. The highest BCUT2D eigenvalue weighted by atomic mass is 28.4. The molecule has 0 heterocycles. The molecular formula is C15H22O3Si. The molecule has 19 heavy (non-hydrogen) atoms. The Hall–Kier alpha value is -1.55. The van der Waals surface area contributed by atoms with Gasteiger partial charge >= 0.3 is 5.97 Å². The van der Waals surface area contributed by atoms with E-state index in [9.17, 15) is 4.79 Å². The van der Waals surface area contributed by atoms with Gasteiger partial charge in [-0.2, -0.15) is 0 Å². The molecule has 1 unspecified atom stereocenters. The summed E-state index contributed by atoms with van der Waals surface area (Å²) in [5.41, 5.74) is 0. The van der Waals surface area contributed by atoms with Gasteiger partial charge in [0, 0.05) is 6.08 Å². The van der Waals surface area contributed by atoms with Crippen molar-refractivity contribution in [3.8, 4) is 5.75 Å². The second kappa shape index (κ2) is 7.14. The van der Waals surface area contributed by atoms with Crippen molar-refractivity contribution in [3.63, 3.8) is 0 Å². The largest absolute Gasteiger partial charge is 0.544 e. The van der Waals surface area contributed by atoms with Gasteiger partial charge in [-0.05, 0) is 44.6 Å². The summed E-state index contributed by atoms with van der Waals surface area (Å²) in [5, 5.41) is 0. The summed E-state index contributed by atoms with van der Waals surface area (Å²) < 4.78 is 11.2. The smallest absolute Gasteiger partial charge is 0.330 e. The monoisotopic (exact) mass is 278 g/mol. The number of hydrogen-bond donors (Lipinski definition) is 0. The van der Waals surface area contributed by atoms with E-state index >= 15 is 0 Å². The Bertz CT molecular complexity index is 415. The molecule has 104 valence electrons. The number of rotatable bonds is 7. The van der Waals surface area contributed by atoms with Crippen molar-refractivity contribution < 1.29 is 14.0 Å². The SMILES string of the molecule is C=CC(=O)OC(C)CC[Si](C)(C)Oc1ccccc1. The van der Waals surface area contributed by atoms with E-state index < -0.39 is 8.32 Å². The third-order valence-electron chi connectivity index (χ3n) is 2.77. The summed E-state index contributed by atoms with van der Waals surface area (Å²) in [5.74, 6) is 0.547. The first-order valence-electron chi connectivity index (χ1n) is 6.50. The maximum Gasteiger partial charge on any atom is 0.330 e. The molecule has 1 aromatic rings. The van der Waals surface area contributed by atoms with Crippen LogP contribution in [0.5, 0.6) is 5.75 Å². The molecule has 3 nitrogen and oxygen atoms in total. The molecule has 4 heteroatoms. The summed E-state index contributed by atoms with van der Waals surface area (Å²) in [6.07, 6.45) is 1.90. The molecule has 0 aliphatic carbocycles. The molecule has 0 radical (unpaired) electrons. The molecule has 1 rings (SSSR count). The zero-order valence-electron chi connectivity index (χ0n) is 11.9. The first kappa shape index (κ1) is 15.5. The summed E-state index contributed by atoms with van der Waals surface area (Å²) in [6, 6.07) is 10.8. The summed E-state index contributed by atoms with van der Waals surface area (Å²) in [4.78, 5) is 11.1. The fourth-order valence-electron chi connectivity index (χ4n) is 1.71. The van der Waals surface area contributed by atoms with Crippen LogP contribution in [0, 0.1) is 0 Å². The molecule has 0 spiro atoms. The number of esters is 1. The van der Waals surface area contributed by atoms with E-state index in [2.05, 4.69) is 19.7 Å². The van der Waals surface area contributed by atoms with Crippen LogP contribution in [0.2, 0.25) is 19.1 Å². The third-order valence-corrected chi connectivity index (χ3v) is 5.06. The van der Waals surface area contributed by atoms with Crippen LogP contribution in [0.15, 0.2) is 43.0 Å². The van der Waals surface area contributed by atoms with Crippen LogP contribution in [0.4, 0.5) is 0 Å². The predicted molar refractivity (Wildman–Crippen MR) is 79.7 cm³/mol. The van der Waals surface area contributed by atoms with Gasteiger partial charge < -0.3 is 9.16 Å². The normalized spacial score (nSPS) is 12.6.